The first kappa shape index (κ1) is 8.77. The largest absolute Gasteiger partial charge is 0.360 e. The number of anilines is 2. The molecule has 1 aromatic heterocycles. The molecule has 0 aliphatic rings. The van der Waals surface area contributed by atoms with Crippen molar-refractivity contribution in [2.45, 2.75) is 6.92 Å². The molecule has 0 aromatic carbocycles. The van der Waals surface area contributed by atoms with Gasteiger partial charge in [0, 0.05) is 26.8 Å². The van der Waals surface area contributed by atoms with Gasteiger partial charge in [-0.1, -0.05) is 0 Å². The molecule has 0 spiro atoms. The van der Waals surface area contributed by atoms with Gasteiger partial charge >= 0.3 is 0 Å². The third-order valence-electron chi connectivity index (χ3n) is 1.73. The molecular weight excluding hydrogens is 152 g/mol. The van der Waals surface area contributed by atoms with Gasteiger partial charge in [-0.15, -0.1) is 0 Å². The summed E-state index contributed by atoms with van der Waals surface area (Å²) in [6, 6.07) is 1.89. The molecule has 0 saturated heterocycles. The maximum atomic E-state index is 4.27. The smallest absolute Gasteiger partial charge is 0.224 e. The average Bonchev–Trinajstić information content (AvgIpc) is 2.17. The first-order valence-electron chi connectivity index (χ1n) is 4.00. The number of nitrogens with zero attached hydrogens (tertiary/aromatic N) is 3. The van der Waals surface area contributed by atoms with Crippen molar-refractivity contribution in [1.29, 1.82) is 0 Å². The van der Waals surface area contributed by atoms with Crippen LogP contribution in [-0.2, 0) is 0 Å². The molecule has 4 heteroatoms. The summed E-state index contributed by atoms with van der Waals surface area (Å²) in [6.45, 7) is 3.03. The van der Waals surface area contributed by atoms with Crippen LogP contribution in [0.2, 0.25) is 0 Å². The summed E-state index contributed by atoms with van der Waals surface area (Å²) in [4.78, 5) is 10.3. The van der Waals surface area contributed by atoms with Crippen LogP contribution < -0.4 is 10.2 Å². The fourth-order valence-electron chi connectivity index (χ4n) is 0.844. The molecule has 0 saturated carbocycles. The zero-order valence-electron chi connectivity index (χ0n) is 7.70. The fraction of sp³-hybridized carbons (Fsp3) is 0.500. The first-order chi connectivity index (χ1) is 5.77. The Balaban J connectivity index is 2.86. The molecule has 0 radical (unpaired) electrons. The number of rotatable bonds is 3. The summed E-state index contributed by atoms with van der Waals surface area (Å²) in [5.74, 6) is 1.60. The predicted octanol–water partition coefficient (Wildman–Crippen LogP) is 0.974. The summed E-state index contributed by atoms with van der Waals surface area (Å²) in [6.07, 6.45) is 1.75. The van der Waals surface area contributed by atoms with E-state index in [9.17, 15) is 0 Å². The molecule has 1 N–H and O–H groups in total. The van der Waals surface area contributed by atoms with Crippen LogP contribution in [0.3, 0.4) is 0 Å². The summed E-state index contributed by atoms with van der Waals surface area (Å²) in [7, 11) is 3.81. The molecule has 0 unspecified atom stereocenters. The molecule has 0 atom stereocenters. The van der Waals surface area contributed by atoms with Crippen LogP contribution in [-0.4, -0.2) is 30.6 Å². The molecule has 1 rings (SSSR count). The Labute approximate surface area is 72.6 Å². The van der Waals surface area contributed by atoms with E-state index >= 15 is 0 Å². The monoisotopic (exact) mass is 166 g/mol. The van der Waals surface area contributed by atoms with Gasteiger partial charge in [-0.05, 0) is 13.0 Å². The molecule has 1 aromatic rings. The molecular formula is C8H14N4. The van der Waals surface area contributed by atoms with Crippen LogP contribution in [0.15, 0.2) is 12.3 Å². The van der Waals surface area contributed by atoms with Gasteiger partial charge in [0.05, 0.1) is 0 Å². The van der Waals surface area contributed by atoms with Gasteiger partial charge in [-0.25, -0.2) is 4.98 Å². The van der Waals surface area contributed by atoms with E-state index in [4.69, 9.17) is 0 Å². The Morgan fingerprint density at radius 3 is 2.92 bits per heavy atom. The molecule has 0 aliphatic carbocycles. The zero-order valence-corrected chi connectivity index (χ0v) is 7.70. The van der Waals surface area contributed by atoms with Gasteiger partial charge in [0.2, 0.25) is 5.95 Å². The molecule has 0 fully saturated rings. The number of aromatic nitrogens is 2. The van der Waals surface area contributed by atoms with Crippen LogP contribution in [0, 0.1) is 0 Å². The molecule has 12 heavy (non-hydrogen) atoms. The van der Waals surface area contributed by atoms with Crippen molar-refractivity contribution in [2.24, 2.45) is 0 Å². The van der Waals surface area contributed by atoms with E-state index in [1.807, 2.05) is 20.2 Å². The minimum absolute atomic E-state index is 0.660. The average molecular weight is 166 g/mol. The molecule has 0 aliphatic heterocycles. The van der Waals surface area contributed by atoms with E-state index in [0.717, 1.165) is 12.4 Å². The highest BCUT2D eigenvalue weighted by Crippen LogP contribution is 2.08. The van der Waals surface area contributed by atoms with Crippen LogP contribution in [0.1, 0.15) is 6.92 Å². The van der Waals surface area contributed by atoms with Crippen molar-refractivity contribution in [1.82, 2.24) is 9.97 Å². The predicted molar refractivity (Wildman–Crippen MR) is 50.5 cm³/mol. The minimum Gasteiger partial charge on any atom is -0.360 e. The minimum atomic E-state index is 0.660. The summed E-state index contributed by atoms with van der Waals surface area (Å²) >= 11 is 0. The zero-order chi connectivity index (χ0) is 8.97. The van der Waals surface area contributed by atoms with E-state index in [1.54, 1.807) is 6.20 Å². The molecule has 1 heterocycles. The molecule has 0 bridgehead atoms. The standard InChI is InChI=1S/C8H14N4/c1-4-12(3)7-5-6-10-8(9-2)11-7/h5-6H,4H2,1-3H3,(H,9,10,11). The van der Waals surface area contributed by atoms with E-state index in [0.29, 0.717) is 5.95 Å². The van der Waals surface area contributed by atoms with Crippen molar-refractivity contribution in [3.05, 3.63) is 12.3 Å². The van der Waals surface area contributed by atoms with E-state index < -0.39 is 0 Å². The van der Waals surface area contributed by atoms with Crippen LogP contribution in [0.4, 0.5) is 11.8 Å². The van der Waals surface area contributed by atoms with Crippen LogP contribution in [0.25, 0.3) is 0 Å². The van der Waals surface area contributed by atoms with Gasteiger partial charge in [0.1, 0.15) is 5.82 Å². The SMILES string of the molecule is CCN(C)c1ccnc(NC)n1. The number of hydrogen-bond donors (Lipinski definition) is 1. The topological polar surface area (TPSA) is 41.1 Å². The lowest BCUT2D eigenvalue weighted by atomic mass is 10.5. The van der Waals surface area contributed by atoms with Crippen molar-refractivity contribution in [3.63, 3.8) is 0 Å². The van der Waals surface area contributed by atoms with Crippen LogP contribution in [0.5, 0.6) is 0 Å². The third-order valence-corrected chi connectivity index (χ3v) is 1.73. The lowest BCUT2D eigenvalue weighted by Crippen LogP contribution is -2.17. The Morgan fingerprint density at radius 2 is 2.33 bits per heavy atom. The van der Waals surface area contributed by atoms with Gasteiger partial charge in [0.25, 0.3) is 0 Å². The first-order valence-corrected chi connectivity index (χ1v) is 4.00. The maximum Gasteiger partial charge on any atom is 0.224 e. The second-order valence-corrected chi connectivity index (χ2v) is 2.50. The quantitative estimate of drug-likeness (QED) is 0.726. The Kier molecular flexibility index (Phi) is 2.85. The third kappa shape index (κ3) is 1.84. The molecule has 0 amide bonds. The van der Waals surface area contributed by atoms with Gasteiger partial charge in [0.15, 0.2) is 0 Å². The summed E-state index contributed by atoms with van der Waals surface area (Å²) < 4.78 is 0. The van der Waals surface area contributed by atoms with E-state index in [2.05, 4.69) is 27.1 Å². The van der Waals surface area contributed by atoms with Gasteiger partial charge in [-0.2, -0.15) is 4.98 Å². The van der Waals surface area contributed by atoms with Crippen LogP contribution >= 0.6 is 0 Å². The van der Waals surface area contributed by atoms with Gasteiger partial charge in [-0.3, -0.25) is 0 Å². The van der Waals surface area contributed by atoms with Crippen molar-refractivity contribution < 1.29 is 0 Å². The number of nitrogens with one attached hydrogen (secondary N) is 1. The highest BCUT2D eigenvalue weighted by molar-refractivity contribution is 5.41. The molecule has 66 valence electrons. The van der Waals surface area contributed by atoms with Crippen molar-refractivity contribution in [3.8, 4) is 0 Å². The fourth-order valence-corrected chi connectivity index (χ4v) is 0.844. The Hall–Kier alpha value is -1.32. The summed E-state index contributed by atoms with van der Waals surface area (Å²) in [5.41, 5.74) is 0. The van der Waals surface area contributed by atoms with Crippen molar-refractivity contribution >= 4 is 11.8 Å². The maximum absolute atomic E-state index is 4.27. The second kappa shape index (κ2) is 3.90. The number of hydrogen-bond acceptors (Lipinski definition) is 4. The highest BCUT2D eigenvalue weighted by Gasteiger charge is 1.99. The molecule has 4 nitrogen and oxygen atoms in total. The Bertz CT molecular complexity index is 249. The summed E-state index contributed by atoms with van der Waals surface area (Å²) in [5, 5.41) is 2.90. The second-order valence-electron chi connectivity index (χ2n) is 2.50. The Morgan fingerprint density at radius 1 is 1.58 bits per heavy atom. The highest BCUT2D eigenvalue weighted by atomic mass is 15.2. The van der Waals surface area contributed by atoms with E-state index in [-0.39, 0.29) is 0 Å². The lowest BCUT2D eigenvalue weighted by molar-refractivity contribution is 0.930. The van der Waals surface area contributed by atoms with Crippen molar-refractivity contribution in [2.75, 3.05) is 30.9 Å². The van der Waals surface area contributed by atoms with E-state index in [1.165, 1.54) is 0 Å². The lowest BCUT2D eigenvalue weighted by Gasteiger charge is -2.15. The van der Waals surface area contributed by atoms with Gasteiger partial charge < -0.3 is 10.2 Å². The normalized spacial score (nSPS) is 9.58.